The third kappa shape index (κ3) is 3.67. The molecule has 1 saturated heterocycles. The minimum Gasteiger partial charge on any atom is -0.322 e. The van der Waals surface area contributed by atoms with Crippen LogP contribution in [0.25, 0.3) is 0 Å². The Morgan fingerprint density at radius 2 is 1.65 bits per heavy atom. The molecule has 0 aliphatic carbocycles. The number of rotatable bonds is 4. The minimum atomic E-state index is 0.285. The summed E-state index contributed by atoms with van der Waals surface area (Å²) < 4.78 is 0. The molecule has 4 rings (SSSR count). The van der Waals surface area contributed by atoms with Gasteiger partial charge >= 0.3 is 0 Å². The lowest BCUT2D eigenvalue weighted by molar-refractivity contribution is -1.02. The number of carbonyl (C=O) groups excluding carboxylic acids is 1. The van der Waals surface area contributed by atoms with Gasteiger partial charge in [0, 0.05) is 17.8 Å². The molecule has 4 heteroatoms. The van der Waals surface area contributed by atoms with Gasteiger partial charge in [-0.3, -0.25) is 4.79 Å². The Hall–Kier alpha value is -2.17. The maximum absolute atomic E-state index is 12.8. The molecule has 1 fully saturated rings. The van der Waals surface area contributed by atoms with Gasteiger partial charge in [0.15, 0.2) is 6.54 Å². The number of hydrogen-bond acceptors (Lipinski definition) is 1. The first-order chi connectivity index (χ1) is 12.7. The van der Waals surface area contributed by atoms with Gasteiger partial charge in [0.1, 0.15) is 32.7 Å². The van der Waals surface area contributed by atoms with Crippen molar-refractivity contribution in [3.05, 3.63) is 65.2 Å². The highest BCUT2D eigenvalue weighted by Gasteiger charge is 2.30. The quantitative estimate of drug-likeness (QED) is 0.789. The van der Waals surface area contributed by atoms with E-state index in [1.54, 1.807) is 4.90 Å². The van der Waals surface area contributed by atoms with Crippen molar-refractivity contribution in [2.75, 3.05) is 44.2 Å². The molecule has 2 N–H and O–H groups in total. The SMILES string of the molecule is Cc1ccccc1C[NH+]1CC[NH+](CC(=O)N2CCc3ccccc32)CC1. The van der Waals surface area contributed by atoms with Crippen LogP contribution >= 0.6 is 0 Å². The predicted molar refractivity (Wildman–Crippen MR) is 104 cm³/mol. The molecule has 2 aromatic rings. The van der Waals surface area contributed by atoms with E-state index in [1.165, 1.54) is 21.6 Å². The number of hydrogen-bond donors (Lipinski definition) is 2. The van der Waals surface area contributed by atoms with E-state index < -0.39 is 0 Å². The molecule has 0 atom stereocenters. The van der Waals surface area contributed by atoms with Crippen LogP contribution in [-0.4, -0.2) is 45.2 Å². The Kier molecular flexibility index (Phi) is 5.05. The van der Waals surface area contributed by atoms with Gasteiger partial charge in [-0.25, -0.2) is 0 Å². The zero-order valence-electron chi connectivity index (χ0n) is 15.6. The summed E-state index contributed by atoms with van der Waals surface area (Å²) >= 11 is 0. The van der Waals surface area contributed by atoms with E-state index in [-0.39, 0.29) is 5.91 Å². The second-order valence-electron chi connectivity index (χ2n) is 7.70. The Labute approximate surface area is 156 Å². The number of amides is 1. The molecule has 4 nitrogen and oxygen atoms in total. The highest BCUT2D eigenvalue weighted by atomic mass is 16.2. The van der Waals surface area contributed by atoms with Crippen molar-refractivity contribution < 1.29 is 14.6 Å². The summed E-state index contributed by atoms with van der Waals surface area (Å²) in [5, 5.41) is 0. The first kappa shape index (κ1) is 17.3. The lowest BCUT2D eigenvalue weighted by Gasteiger charge is -2.30. The van der Waals surface area contributed by atoms with Crippen molar-refractivity contribution in [2.24, 2.45) is 0 Å². The molecule has 2 aliphatic heterocycles. The van der Waals surface area contributed by atoms with Crippen LogP contribution in [0.2, 0.25) is 0 Å². The molecule has 0 saturated carbocycles. The van der Waals surface area contributed by atoms with E-state index in [0.29, 0.717) is 6.54 Å². The number of para-hydroxylation sites is 1. The van der Waals surface area contributed by atoms with Crippen LogP contribution in [0.5, 0.6) is 0 Å². The molecule has 2 aliphatic rings. The summed E-state index contributed by atoms with van der Waals surface area (Å²) in [5.74, 6) is 0.285. The molecule has 0 radical (unpaired) electrons. The number of quaternary nitrogens is 2. The fourth-order valence-electron chi connectivity index (χ4n) is 4.30. The van der Waals surface area contributed by atoms with Crippen LogP contribution in [0.3, 0.4) is 0 Å². The molecular formula is C22H29N3O+2. The topological polar surface area (TPSA) is 29.2 Å². The molecule has 136 valence electrons. The van der Waals surface area contributed by atoms with Gasteiger partial charge in [0.25, 0.3) is 5.91 Å². The molecule has 26 heavy (non-hydrogen) atoms. The molecule has 0 unspecified atom stereocenters. The van der Waals surface area contributed by atoms with Crippen LogP contribution in [0, 0.1) is 6.92 Å². The van der Waals surface area contributed by atoms with Crippen molar-refractivity contribution in [3.8, 4) is 0 Å². The maximum Gasteiger partial charge on any atom is 0.282 e. The molecule has 0 spiro atoms. The van der Waals surface area contributed by atoms with Crippen molar-refractivity contribution in [2.45, 2.75) is 19.9 Å². The highest BCUT2D eigenvalue weighted by Crippen LogP contribution is 2.26. The van der Waals surface area contributed by atoms with E-state index in [9.17, 15) is 4.79 Å². The fourth-order valence-corrected chi connectivity index (χ4v) is 4.30. The van der Waals surface area contributed by atoms with Gasteiger partial charge in [-0.15, -0.1) is 0 Å². The maximum atomic E-state index is 12.8. The molecule has 2 heterocycles. The van der Waals surface area contributed by atoms with Gasteiger partial charge in [-0.1, -0.05) is 42.5 Å². The molecule has 0 bridgehead atoms. The summed E-state index contributed by atoms with van der Waals surface area (Å²) in [5.41, 5.74) is 5.28. The minimum absolute atomic E-state index is 0.285. The average molecular weight is 351 g/mol. The number of piperazine rings is 1. The van der Waals surface area contributed by atoms with Gasteiger partial charge in [0.05, 0.1) is 0 Å². The molecule has 2 aromatic carbocycles. The van der Waals surface area contributed by atoms with E-state index in [1.807, 2.05) is 11.0 Å². The van der Waals surface area contributed by atoms with E-state index in [4.69, 9.17) is 0 Å². The fraction of sp³-hybridized carbons (Fsp3) is 0.409. The van der Waals surface area contributed by atoms with Gasteiger partial charge in [-0.05, 0) is 30.5 Å². The smallest absolute Gasteiger partial charge is 0.282 e. The number of nitrogens with one attached hydrogen (secondary N) is 2. The van der Waals surface area contributed by atoms with E-state index >= 15 is 0 Å². The van der Waals surface area contributed by atoms with Crippen molar-refractivity contribution in [3.63, 3.8) is 0 Å². The number of anilines is 1. The Morgan fingerprint density at radius 3 is 2.46 bits per heavy atom. The van der Waals surface area contributed by atoms with Crippen LogP contribution in [0.1, 0.15) is 16.7 Å². The van der Waals surface area contributed by atoms with E-state index in [2.05, 4.69) is 49.4 Å². The van der Waals surface area contributed by atoms with Crippen molar-refractivity contribution in [1.82, 2.24) is 0 Å². The summed E-state index contributed by atoms with van der Waals surface area (Å²) in [6.45, 7) is 9.24. The molecule has 1 amide bonds. The third-order valence-corrected chi connectivity index (χ3v) is 5.96. The van der Waals surface area contributed by atoms with Crippen LogP contribution in [0.4, 0.5) is 5.69 Å². The normalized spacial score (nSPS) is 22.3. The van der Waals surface area contributed by atoms with Crippen LogP contribution < -0.4 is 14.7 Å². The summed E-state index contributed by atoms with van der Waals surface area (Å²) in [6.07, 6.45) is 0.992. The summed E-state index contributed by atoms with van der Waals surface area (Å²) in [7, 11) is 0. The van der Waals surface area contributed by atoms with Gasteiger partial charge in [0.2, 0.25) is 0 Å². The van der Waals surface area contributed by atoms with E-state index in [0.717, 1.165) is 51.4 Å². The second kappa shape index (κ2) is 7.60. The van der Waals surface area contributed by atoms with Crippen LogP contribution in [0.15, 0.2) is 48.5 Å². The Morgan fingerprint density at radius 1 is 0.962 bits per heavy atom. The monoisotopic (exact) mass is 351 g/mol. The predicted octanol–water partition coefficient (Wildman–Crippen LogP) is -0.132. The van der Waals surface area contributed by atoms with Gasteiger partial charge in [-0.2, -0.15) is 0 Å². The summed E-state index contributed by atoms with van der Waals surface area (Å²) in [6, 6.07) is 17.0. The summed E-state index contributed by atoms with van der Waals surface area (Å²) in [4.78, 5) is 17.9. The van der Waals surface area contributed by atoms with Gasteiger partial charge < -0.3 is 14.7 Å². The average Bonchev–Trinajstić information content (AvgIpc) is 3.09. The van der Waals surface area contributed by atoms with Crippen molar-refractivity contribution >= 4 is 11.6 Å². The number of carbonyl (C=O) groups is 1. The lowest BCUT2D eigenvalue weighted by Crippen LogP contribution is -3.28. The number of benzene rings is 2. The standard InChI is InChI=1S/C22H27N3O/c1-18-6-2-3-8-20(18)16-23-12-14-24(15-13-23)17-22(26)25-11-10-19-7-4-5-9-21(19)25/h2-9H,10-17H2,1H3/p+2. The highest BCUT2D eigenvalue weighted by molar-refractivity contribution is 5.96. The number of nitrogens with zero attached hydrogens (tertiary/aromatic N) is 1. The zero-order chi connectivity index (χ0) is 17.9. The Bertz CT molecular complexity index is 780. The second-order valence-corrected chi connectivity index (χ2v) is 7.70. The van der Waals surface area contributed by atoms with Crippen molar-refractivity contribution in [1.29, 1.82) is 0 Å². The largest absolute Gasteiger partial charge is 0.322 e. The Balaban J connectivity index is 1.29. The molecule has 0 aromatic heterocycles. The first-order valence-electron chi connectivity index (χ1n) is 9.80. The lowest BCUT2D eigenvalue weighted by atomic mass is 10.1. The van der Waals surface area contributed by atoms with Crippen LogP contribution in [-0.2, 0) is 17.8 Å². The third-order valence-electron chi connectivity index (χ3n) is 5.96. The zero-order valence-corrected chi connectivity index (χ0v) is 15.6. The number of fused-ring (bicyclic) bond motifs is 1. The number of aryl methyl sites for hydroxylation is 1. The molecular weight excluding hydrogens is 322 g/mol. The first-order valence-corrected chi connectivity index (χ1v) is 9.80.